The monoisotopic (exact) mass is 311 g/mol. The highest BCUT2D eigenvalue weighted by molar-refractivity contribution is 6.20. The van der Waals surface area contributed by atoms with E-state index in [1.54, 1.807) is 36.8 Å². The molecular formula is C16H13N3O4. The SMILES string of the molecule is Cn1cncc1[C@@H]1C[C@H]1C(=O)ON1C(=O)c2ccccc2C1=O. The number of nitrogens with zero attached hydrogens (tertiary/aromatic N) is 3. The summed E-state index contributed by atoms with van der Waals surface area (Å²) in [5.74, 6) is -2.10. The molecule has 1 aliphatic heterocycles. The summed E-state index contributed by atoms with van der Waals surface area (Å²) in [7, 11) is 1.85. The van der Waals surface area contributed by atoms with Crippen LogP contribution in [0.1, 0.15) is 38.7 Å². The van der Waals surface area contributed by atoms with Gasteiger partial charge in [-0.3, -0.25) is 9.59 Å². The Labute approximate surface area is 131 Å². The van der Waals surface area contributed by atoms with Crippen LogP contribution in [0.15, 0.2) is 36.8 Å². The first-order chi connectivity index (χ1) is 11.1. The maximum atomic E-state index is 12.2. The van der Waals surface area contributed by atoms with Crippen molar-refractivity contribution in [3.63, 3.8) is 0 Å². The maximum Gasteiger partial charge on any atom is 0.336 e. The fourth-order valence-electron chi connectivity index (χ4n) is 2.91. The molecule has 0 saturated heterocycles. The van der Waals surface area contributed by atoms with Gasteiger partial charge >= 0.3 is 5.97 Å². The van der Waals surface area contributed by atoms with Gasteiger partial charge in [-0.2, -0.15) is 0 Å². The molecule has 1 aliphatic carbocycles. The van der Waals surface area contributed by atoms with Gasteiger partial charge in [0.05, 0.1) is 23.4 Å². The van der Waals surface area contributed by atoms with Gasteiger partial charge in [-0.1, -0.05) is 17.2 Å². The van der Waals surface area contributed by atoms with Gasteiger partial charge < -0.3 is 9.40 Å². The molecule has 0 bridgehead atoms. The van der Waals surface area contributed by atoms with E-state index in [0.717, 1.165) is 5.69 Å². The van der Waals surface area contributed by atoms with E-state index in [9.17, 15) is 14.4 Å². The first kappa shape index (κ1) is 13.7. The second-order valence-corrected chi connectivity index (χ2v) is 5.74. The molecule has 23 heavy (non-hydrogen) atoms. The smallest absolute Gasteiger partial charge is 0.336 e. The number of hydrogen-bond acceptors (Lipinski definition) is 5. The standard InChI is InChI=1S/C16H13N3O4/c1-18-8-17-7-13(18)11-6-12(11)16(22)23-19-14(20)9-4-2-3-5-10(9)15(19)21/h2-5,7-8,11-12H,6H2,1H3/t11-,12-/m1/s1. The van der Waals surface area contributed by atoms with Gasteiger partial charge in [0, 0.05) is 24.9 Å². The Morgan fingerprint density at radius 3 is 2.43 bits per heavy atom. The number of carbonyl (C=O) groups is 3. The van der Waals surface area contributed by atoms with Gasteiger partial charge in [-0.25, -0.2) is 9.78 Å². The average Bonchev–Trinajstić information content (AvgIpc) is 3.18. The molecule has 7 nitrogen and oxygen atoms in total. The van der Waals surface area contributed by atoms with E-state index in [1.165, 1.54) is 0 Å². The topological polar surface area (TPSA) is 81.5 Å². The predicted octanol–water partition coefficient (Wildman–Crippen LogP) is 1.28. The number of hydrogen-bond donors (Lipinski definition) is 0. The Morgan fingerprint density at radius 2 is 1.87 bits per heavy atom. The van der Waals surface area contributed by atoms with Crippen molar-refractivity contribution in [2.45, 2.75) is 12.3 Å². The predicted molar refractivity (Wildman–Crippen MR) is 77.1 cm³/mol. The van der Waals surface area contributed by atoms with Crippen LogP contribution in [0.4, 0.5) is 0 Å². The van der Waals surface area contributed by atoms with Crippen LogP contribution in [0, 0.1) is 5.92 Å². The van der Waals surface area contributed by atoms with Crippen LogP contribution < -0.4 is 0 Å². The number of imidazole rings is 1. The van der Waals surface area contributed by atoms with Gasteiger partial charge in [0.2, 0.25) is 0 Å². The zero-order valence-electron chi connectivity index (χ0n) is 12.3. The molecule has 2 heterocycles. The van der Waals surface area contributed by atoms with Gasteiger partial charge in [0.1, 0.15) is 0 Å². The normalized spacial score (nSPS) is 22.2. The molecule has 2 aliphatic rings. The van der Waals surface area contributed by atoms with Crippen molar-refractivity contribution < 1.29 is 19.2 Å². The van der Waals surface area contributed by atoms with Crippen LogP contribution in [-0.2, 0) is 16.7 Å². The summed E-state index contributed by atoms with van der Waals surface area (Å²) in [6.07, 6.45) is 4.00. The van der Waals surface area contributed by atoms with Crippen molar-refractivity contribution in [3.8, 4) is 0 Å². The van der Waals surface area contributed by atoms with Crippen molar-refractivity contribution >= 4 is 17.8 Å². The molecule has 7 heteroatoms. The Kier molecular flexibility index (Phi) is 2.84. The maximum absolute atomic E-state index is 12.2. The number of amides is 2. The van der Waals surface area contributed by atoms with Crippen molar-refractivity contribution in [3.05, 3.63) is 53.6 Å². The lowest BCUT2D eigenvalue weighted by Crippen LogP contribution is -2.33. The van der Waals surface area contributed by atoms with E-state index in [1.807, 2.05) is 11.6 Å². The van der Waals surface area contributed by atoms with Crippen LogP contribution in [0.3, 0.4) is 0 Å². The molecule has 1 aromatic carbocycles. The molecule has 1 saturated carbocycles. The van der Waals surface area contributed by atoms with Gasteiger partial charge in [0.25, 0.3) is 11.8 Å². The van der Waals surface area contributed by atoms with Gasteiger partial charge in [0.15, 0.2) is 0 Å². The Balaban J connectivity index is 1.48. The van der Waals surface area contributed by atoms with Gasteiger partial charge in [-0.15, -0.1) is 0 Å². The van der Waals surface area contributed by atoms with E-state index >= 15 is 0 Å². The molecule has 0 radical (unpaired) electrons. The lowest BCUT2D eigenvalue weighted by molar-refractivity contribution is -0.170. The molecule has 0 unspecified atom stereocenters. The number of benzene rings is 1. The van der Waals surface area contributed by atoms with Crippen LogP contribution in [0.5, 0.6) is 0 Å². The molecule has 0 N–H and O–H groups in total. The quantitative estimate of drug-likeness (QED) is 0.798. The largest absolute Gasteiger partial charge is 0.337 e. The van der Waals surface area contributed by atoms with Crippen LogP contribution in [0.2, 0.25) is 0 Å². The van der Waals surface area contributed by atoms with Crippen molar-refractivity contribution in [2.75, 3.05) is 0 Å². The van der Waals surface area contributed by atoms with Crippen LogP contribution in [0.25, 0.3) is 0 Å². The summed E-state index contributed by atoms with van der Waals surface area (Å²) in [5.41, 5.74) is 1.45. The fraction of sp³-hybridized carbons (Fsp3) is 0.250. The number of aryl methyl sites for hydroxylation is 1. The van der Waals surface area contributed by atoms with Crippen LogP contribution >= 0.6 is 0 Å². The van der Waals surface area contributed by atoms with Crippen molar-refractivity contribution in [1.29, 1.82) is 0 Å². The molecule has 0 spiro atoms. The Morgan fingerprint density at radius 1 is 1.22 bits per heavy atom. The molecule has 2 aromatic rings. The highest BCUT2D eigenvalue weighted by atomic mass is 16.7. The lowest BCUT2D eigenvalue weighted by Gasteiger charge is -2.12. The van der Waals surface area contributed by atoms with Crippen molar-refractivity contribution in [1.82, 2.24) is 14.6 Å². The molecule has 116 valence electrons. The summed E-state index contributed by atoms with van der Waals surface area (Å²) in [5, 5.41) is 0.561. The van der Waals surface area contributed by atoms with E-state index in [0.29, 0.717) is 11.5 Å². The number of fused-ring (bicyclic) bond motifs is 1. The first-order valence-corrected chi connectivity index (χ1v) is 7.23. The van der Waals surface area contributed by atoms with E-state index in [4.69, 9.17) is 4.84 Å². The Bertz CT molecular complexity index is 806. The third-order valence-electron chi connectivity index (χ3n) is 4.27. The fourth-order valence-corrected chi connectivity index (χ4v) is 2.91. The first-order valence-electron chi connectivity index (χ1n) is 7.23. The summed E-state index contributed by atoms with van der Waals surface area (Å²) in [6.45, 7) is 0. The van der Waals surface area contributed by atoms with E-state index < -0.39 is 17.8 Å². The number of rotatable bonds is 3. The lowest BCUT2D eigenvalue weighted by atomic mass is 10.1. The molecule has 4 rings (SSSR count). The second kappa shape index (κ2) is 4.77. The Hall–Kier alpha value is -2.96. The third kappa shape index (κ3) is 2.04. The summed E-state index contributed by atoms with van der Waals surface area (Å²) < 4.78 is 1.85. The molecule has 2 amide bonds. The molecule has 1 fully saturated rings. The van der Waals surface area contributed by atoms with Crippen LogP contribution in [-0.4, -0.2) is 32.4 Å². The number of imide groups is 1. The van der Waals surface area contributed by atoms with Crippen molar-refractivity contribution in [2.24, 2.45) is 13.0 Å². The zero-order valence-corrected chi connectivity index (χ0v) is 12.3. The summed E-state index contributed by atoms with van der Waals surface area (Å²) >= 11 is 0. The minimum atomic E-state index is -0.600. The molecule has 1 aromatic heterocycles. The molecular weight excluding hydrogens is 298 g/mol. The highest BCUT2D eigenvalue weighted by Crippen LogP contribution is 2.48. The minimum absolute atomic E-state index is 0.0187. The minimum Gasteiger partial charge on any atom is -0.337 e. The number of carbonyl (C=O) groups excluding carboxylic acids is 3. The molecule has 2 atom stereocenters. The third-order valence-corrected chi connectivity index (χ3v) is 4.27. The van der Waals surface area contributed by atoms with E-state index in [2.05, 4.69) is 4.98 Å². The highest BCUT2D eigenvalue weighted by Gasteiger charge is 2.49. The second-order valence-electron chi connectivity index (χ2n) is 5.74. The van der Waals surface area contributed by atoms with E-state index in [-0.39, 0.29) is 23.0 Å². The zero-order chi connectivity index (χ0) is 16.1. The number of hydroxylamine groups is 2. The number of aromatic nitrogens is 2. The summed E-state index contributed by atoms with van der Waals surface area (Å²) in [6, 6.07) is 6.40. The average molecular weight is 311 g/mol. The summed E-state index contributed by atoms with van der Waals surface area (Å²) in [4.78, 5) is 45.6. The van der Waals surface area contributed by atoms with Gasteiger partial charge in [-0.05, 0) is 18.6 Å².